The van der Waals surface area contributed by atoms with Gasteiger partial charge in [-0.2, -0.15) is 0 Å². The van der Waals surface area contributed by atoms with Crippen LogP contribution in [0.5, 0.6) is 0 Å². The highest BCUT2D eigenvalue weighted by molar-refractivity contribution is 7.92. The number of carbonyl (C=O) groups excluding carboxylic acids is 1. The van der Waals surface area contributed by atoms with E-state index >= 15 is 0 Å². The quantitative estimate of drug-likeness (QED) is 0.745. The minimum Gasteiger partial charge on any atom is -0.348 e. The summed E-state index contributed by atoms with van der Waals surface area (Å²) in [5.41, 5.74) is 0.250. The molecule has 1 aliphatic rings. The summed E-state index contributed by atoms with van der Waals surface area (Å²) in [6, 6.07) is 11.1. The van der Waals surface area contributed by atoms with Crippen molar-refractivity contribution in [3.05, 3.63) is 59.9 Å². The molecule has 1 heterocycles. The molecule has 0 radical (unpaired) electrons. The van der Waals surface area contributed by atoms with Gasteiger partial charge in [0.2, 0.25) is 0 Å². The molecular weight excluding hydrogens is 357 g/mol. The first kappa shape index (κ1) is 18.3. The number of hydrogen-bond acceptors (Lipinski definition) is 4. The van der Waals surface area contributed by atoms with Crippen LogP contribution in [-0.2, 0) is 10.0 Å². The molecule has 2 aromatic carbocycles. The van der Waals surface area contributed by atoms with E-state index in [-0.39, 0.29) is 22.5 Å². The van der Waals surface area contributed by atoms with E-state index in [0.29, 0.717) is 5.56 Å². The van der Waals surface area contributed by atoms with Gasteiger partial charge in [0.15, 0.2) is 0 Å². The summed E-state index contributed by atoms with van der Waals surface area (Å²) in [4.78, 5) is 12.2. The summed E-state index contributed by atoms with van der Waals surface area (Å²) < 4.78 is 40.6. The molecule has 0 aromatic heterocycles. The van der Waals surface area contributed by atoms with E-state index in [1.165, 1.54) is 48.5 Å². The number of rotatable bonds is 5. The van der Waals surface area contributed by atoms with E-state index in [1.807, 2.05) is 0 Å². The summed E-state index contributed by atoms with van der Waals surface area (Å²) in [7, 11) is -3.94. The van der Waals surface area contributed by atoms with Gasteiger partial charge in [-0.1, -0.05) is 12.1 Å². The van der Waals surface area contributed by atoms with Crippen LogP contribution in [0.2, 0.25) is 0 Å². The van der Waals surface area contributed by atoms with E-state index in [1.54, 1.807) is 0 Å². The largest absolute Gasteiger partial charge is 0.348 e. The molecule has 8 heteroatoms. The van der Waals surface area contributed by atoms with E-state index in [9.17, 15) is 17.6 Å². The number of hydrogen-bond donors (Lipinski definition) is 3. The van der Waals surface area contributed by atoms with Crippen molar-refractivity contribution in [2.45, 2.75) is 23.8 Å². The van der Waals surface area contributed by atoms with Crippen molar-refractivity contribution in [2.24, 2.45) is 0 Å². The van der Waals surface area contributed by atoms with Crippen LogP contribution in [0.1, 0.15) is 23.2 Å². The van der Waals surface area contributed by atoms with Crippen LogP contribution in [0.3, 0.4) is 0 Å². The number of nitrogens with one attached hydrogen (secondary N) is 3. The molecule has 1 amide bonds. The lowest BCUT2D eigenvalue weighted by Gasteiger charge is -2.23. The van der Waals surface area contributed by atoms with Crippen molar-refractivity contribution in [1.29, 1.82) is 0 Å². The lowest BCUT2D eigenvalue weighted by Crippen LogP contribution is -2.45. The van der Waals surface area contributed by atoms with Gasteiger partial charge in [0.05, 0.1) is 10.6 Å². The maximum Gasteiger partial charge on any atom is 0.261 e. The van der Waals surface area contributed by atoms with Crippen LogP contribution >= 0.6 is 0 Å². The predicted molar refractivity (Wildman–Crippen MR) is 97.0 cm³/mol. The molecule has 26 heavy (non-hydrogen) atoms. The second-order valence-electron chi connectivity index (χ2n) is 6.13. The molecule has 3 rings (SSSR count). The Kier molecular flexibility index (Phi) is 5.53. The Hall–Kier alpha value is -2.45. The molecule has 1 aliphatic heterocycles. The molecule has 0 spiro atoms. The molecule has 0 saturated carbocycles. The average Bonchev–Trinajstić information content (AvgIpc) is 2.64. The van der Waals surface area contributed by atoms with Crippen LogP contribution in [-0.4, -0.2) is 33.5 Å². The fraction of sp³-hybridized carbons (Fsp3) is 0.278. The van der Waals surface area contributed by atoms with Gasteiger partial charge in [-0.15, -0.1) is 0 Å². The van der Waals surface area contributed by atoms with Gasteiger partial charge in [-0.05, 0) is 55.8 Å². The van der Waals surface area contributed by atoms with Gasteiger partial charge < -0.3 is 10.6 Å². The fourth-order valence-electron chi connectivity index (χ4n) is 2.78. The molecule has 2 aromatic rings. The Bertz CT molecular complexity index is 879. The molecule has 1 fully saturated rings. The molecule has 0 aliphatic carbocycles. The van der Waals surface area contributed by atoms with Gasteiger partial charge in [0.25, 0.3) is 15.9 Å². The van der Waals surface area contributed by atoms with Crippen molar-refractivity contribution in [1.82, 2.24) is 10.6 Å². The van der Waals surface area contributed by atoms with Crippen LogP contribution in [0.4, 0.5) is 10.1 Å². The van der Waals surface area contributed by atoms with Crippen LogP contribution < -0.4 is 15.4 Å². The smallest absolute Gasteiger partial charge is 0.261 e. The third-order valence-electron chi connectivity index (χ3n) is 4.18. The Morgan fingerprint density at radius 1 is 1.12 bits per heavy atom. The highest BCUT2D eigenvalue weighted by atomic mass is 32.2. The highest BCUT2D eigenvalue weighted by Gasteiger charge is 2.19. The zero-order chi connectivity index (χ0) is 18.6. The number of amides is 1. The second kappa shape index (κ2) is 7.84. The topological polar surface area (TPSA) is 87.3 Å². The third-order valence-corrected chi connectivity index (χ3v) is 5.56. The van der Waals surface area contributed by atoms with Crippen molar-refractivity contribution >= 4 is 21.6 Å². The number of piperidine rings is 1. The molecule has 6 nitrogen and oxygen atoms in total. The normalized spacial score (nSPS) is 17.5. The Morgan fingerprint density at radius 2 is 1.85 bits per heavy atom. The van der Waals surface area contributed by atoms with Gasteiger partial charge >= 0.3 is 0 Å². The molecule has 0 bridgehead atoms. The van der Waals surface area contributed by atoms with Crippen molar-refractivity contribution in [3.63, 3.8) is 0 Å². The van der Waals surface area contributed by atoms with Gasteiger partial charge in [-0.25, -0.2) is 12.8 Å². The summed E-state index contributed by atoms with van der Waals surface area (Å²) in [5.74, 6) is -0.905. The summed E-state index contributed by atoms with van der Waals surface area (Å²) in [5, 5.41) is 6.14. The molecule has 1 saturated heterocycles. The summed E-state index contributed by atoms with van der Waals surface area (Å²) in [6.07, 6.45) is 1.92. The lowest BCUT2D eigenvalue weighted by molar-refractivity contribution is 0.0930. The highest BCUT2D eigenvalue weighted by Crippen LogP contribution is 2.19. The minimum absolute atomic E-state index is 0.0448. The van der Waals surface area contributed by atoms with Crippen molar-refractivity contribution in [3.8, 4) is 0 Å². The summed E-state index contributed by atoms with van der Waals surface area (Å²) >= 11 is 0. The minimum atomic E-state index is -3.94. The number of para-hydroxylation sites is 1. The predicted octanol–water partition coefficient (Wildman–Crippen LogP) is 2.11. The SMILES string of the molecule is O=C(N[C@H]1CCCNC1)c1ccc(S(=O)(=O)Nc2ccccc2F)cc1. The zero-order valence-corrected chi connectivity index (χ0v) is 14.9. The van der Waals surface area contributed by atoms with Gasteiger partial charge in [0, 0.05) is 18.2 Å². The molecule has 1 atom stereocenters. The molecule has 0 unspecified atom stereocenters. The third kappa shape index (κ3) is 4.39. The van der Waals surface area contributed by atoms with Crippen LogP contribution in [0.25, 0.3) is 0 Å². The molecular formula is C18H20FN3O3S. The number of sulfonamides is 1. The Balaban J connectivity index is 1.70. The van der Waals surface area contributed by atoms with Gasteiger partial charge in [-0.3, -0.25) is 9.52 Å². The maximum atomic E-state index is 13.6. The number of benzene rings is 2. The second-order valence-corrected chi connectivity index (χ2v) is 7.81. The fourth-order valence-corrected chi connectivity index (χ4v) is 3.84. The first-order valence-electron chi connectivity index (χ1n) is 8.35. The summed E-state index contributed by atoms with van der Waals surface area (Å²) in [6.45, 7) is 1.68. The van der Waals surface area contributed by atoms with E-state index in [4.69, 9.17) is 0 Å². The Morgan fingerprint density at radius 3 is 2.50 bits per heavy atom. The number of halogens is 1. The average molecular weight is 377 g/mol. The molecule has 138 valence electrons. The number of carbonyl (C=O) groups is 1. The number of anilines is 1. The van der Waals surface area contributed by atoms with Crippen LogP contribution in [0, 0.1) is 5.82 Å². The first-order chi connectivity index (χ1) is 12.5. The maximum absolute atomic E-state index is 13.6. The van der Waals surface area contributed by atoms with E-state index in [0.717, 1.165) is 25.9 Å². The molecule has 3 N–H and O–H groups in total. The Labute approximate surface area is 151 Å². The van der Waals surface area contributed by atoms with Crippen molar-refractivity contribution in [2.75, 3.05) is 17.8 Å². The van der Waals surface area contributed by atoms with Crippen LogP contribution in [0.15, 0.2) is 53.4 Å². The van der Waals surface area contributed by atoms with E-state index in [2.05, 4.69) is 15.4 Å². The van der Waals surface area contributed by atoms with Crippen molar-refractivity contribution < 1.29 is 17.6 Å². The lowest BCUT2D eigenvalue weighted by atomic mass is 10.1. The standard InChI is InChI=1S/C18H20FN3O3S/c19-16-5-1-2-6-17(16)22-26(24,25)15-9-7-13(8-10-15)18(23)21-14-4-3-11-20-12-14/h1-2,5-10,14,20,22H,3-4,11-12H2,(H,21,23)/t14-/m0/s1. The first-order valence-corrected chi connectivity index (χ1v) is 9.83. The van der Waals surface area contributed by atoms with E-state index < -0.39 is 15.8 Å². The zero-order valence-electron chi connectivity index (χ0n) is 14.0. The monoisotopic (exact) mass is 377 g/mol. The van der Waals surface area contributed by atoms with Gasteiger partial charge in [0.1, 0.15) is 5.82 Å².